The van der Waals surface area contributed by atoms with Gasteiger partial charge in [0.15, 0.2) is 5.76 Å². The molecule has 1 N–H and O–H groups in total. The van der Waals surface area contributed by atoms with Gasteiger partial charge in [-0.2, -0.15) is 13.2 Å². The molecule has 0 spiro atoms. The summed E-state index contributed by atoms with van der Waals surface area (Å²) >= 11 is 0. The third kappa shape index (κ3) is 5.50. The Morgan fingerprint density at radius 2 is 2.20 bits per heavy atom. The molecule has 7 heteroatoms. The minimum absolute atomic E-state index is 0.143. The van der Waals surface area contributed by atoms with Crippen molar-refractivity contribution in [1.29, 1.82) is 0 Å². The van der Waals surface area contributed by atoms with Crippen LogP contribution in [0.4, 0.5) is 13.2 Å². The molecule has 0 atom stereocenters. The molecular formula is C13H20F3N3O. The maximum Gasteiger partial charge on any atom is 0.401 e. The van der Waals surface area contributed by atoms with Crippen LogP contribution < -0.4 is 5.32 Å². The maximum atomic E-state index is 12.5. The summed E-state index contributed by atoms with van der Waals surface area (Å²) in [5, 5.41) is 7.17. The molecule has 20 heavy (non-hydrogen) atoms. The summed E-state index contributed by atoms with van der Waals surface area (Å²) in [4.78, 5) is 1.33. The summed E-state index contributed by atoms with van der Waals surface area (Å²) in [6.07, 6.45) is -1.16. The quantitative estimate of drug-likeness (QED) is 0.799. The van der Waals surface area contributed by atoms with Crippen molar-refractivity contribution >= 4 is 0 Å². The van der Waals surface area contributed by atoms with Gasteiger partial charge in [-0.05, 0) is 25.8 Å². The van der Waals surface area contributed by atoms with Crippen LogP contribution in [0.1, 0.15) is 37.6 Å². The largest absolute Gasteiger partial charge is 0.401 e. The number of nitrogens with one attached hydrogen (secondary N) is 1. The lowest BCUT2D eigenvalue weighted by atomic mass is 10.3. The lowest BCUT2D eigenvalue weighted by Crippen LogP contribution is -2.34. The van der Waals surface area contributed by atoms with Gasteiger partial charge in [0.1, 0.15) is 0 Å². The van der Waals surface area contributed by atoms with Crippen LogP contribution in [0.5, 0.6) is 0 Å². The summed E-state index contributed by atoms with van der Waals surface area (Å²) in [6.45, 7) is 2.08. The molecule has 4 nitrogen and oxygen atoms in total. The van der Waals surface area contributed by atoms with E-state index in [9.17, 15) is 13.2 Å². The second-order valence-corrected chi connectivity index (χ2v) is 5.27. The fraction of sp³-hybridized carbons (Fsp3) is 0.769. The van der Waals surface area contributed by atoms with Gasteiger partial charge in [0.05, 0.1) is 18.8 Å². The molecule has 1 saturated carbocycles. The third-order valence-corrected chi connectivity index (χ3v) is 3.08. The lowest BCUT2D eigenvalue weighted by molar-refractivity contribution is -0.147. The molecule has 0 aromatic carbocycles. The van der Waals surface area contributed by atoms with Crippen molar-refractivity contribution in [3.8, 4) is 0 Å². The van der Waals surface area contributed by atoms with E-state index in [-0.39, 0.29) is 6.54 Å². The van der Waals surface area contributed by atoms with Crippen LogP contribution in [-0.4, -0.2) is 35.4 Å². The summed E-state index contributed by atoms with van der Waals surface area (Å²) < 4.78 is 42.5. The van der Waals surface area contributed by atoms with Gasteiger partial charge < -0.3 is 9.84 Å². The SMILES string of the molecule is CCCN(Cc1cc(CNC2CC2)no1)CC(F)(F)F. The van der Waals surface area contributed by atoms with Crippen LogP contribution in [0, 0.1) is 0 Å². The van der Waals surface area contributed by atoms with Crippen LogP contribution >= 0.6 is 0 Å². The van der Waals surface area contributed by atoms with Crippen molar-refractivity contribution in [3.63, 3.8) is 0 Å². The van der Waals surface area contributed by atoms with Crippen LogP contribution in [0.15, 0.2) is 10.6 Å². The molecule has 0 amide bonds. The summed E-state index contributed by atoms with van der Waals surface area (Å²) in [6, 6.07) is 2.30. The van der Waals surface area contributed by atoms with Gasteiger partial charge in [-0.1, -0.05) is 12.1 Å². The molecule has 1 aliphatic rings. The van der Waals surface area contributed by atoms with Crippen molar-refractivity contribution in [1.82, 2.24) is 15.4 Å². The van der Waals surface area contributed by atoms with Gasteiger partial charge in [0, 0.05) is 18.7 Å². The Hall–Kier alpha value is -1.08. The summed E-state index contributed by atoms with van der Waals surface area (Å²) in [7, 11) is 0. The molecule has 0 aliphatic heterocycles. The zero-order valence-corrected chi connectivity index (χ0v) is 11.5. The number of rotatable bonds is 8. The number of aromatic nitrogens is 1. The minimum atomic E-state index is -4.19. The predicted molar refractivity (Wildman–Crippen MR) is 68.0 cm³/mol. The predicted octanol–water partition coefficient (Wildman–Crippen LogP) is 2.70. The van der Waals surface area contributed by atoms with E-state index in [1.165, 1.54) is 17.7 Å². The van der Waals surface area contributed by atoms with E-state index in [2.05, 4.69) is 10.5 Å². The molecule has 1 aliphatic carbocycles. The number of alkyl halides is 3. The highest BCUT2D eigenvalue weighted by Crippen LogP contribution is 2.20. The van der Waals surface area contributed by atoms with E-state index in [0.717, 1.165) is 5.69 Å². The van der Waals surface area contributed by atoms with Crippen LogP contribution in [-0.2, 0) is 13.1 Å². The van der Waals surface area contributed by atoms with E-state index in [4.69, 9.17) is 4.52 Å². The standard InChI is InChI=1S/C13H20F3N3O/c1-2-5-19(9-13(14,15)16)8-12-6-11(18-20-12)7-17-10-3-4-10/h6,10,17H,2-5,7-9H2,1H3. The summed E-state index contributed by atoms with van der Waals surface area (Å²) in [5.41, 5.74) is 0.746. The van der Waals surface area contributed by atoms with E-state index in [0.29, 0.717) is 31.3 Å². The normalized spacial score (nSPS) is 16.1. The number of nitrogens with zero attached hydrogens (tertiary/aromatic N) is 2. The Balaban J connectivity index is 1.85. The second-order valence-electron chi connectivity index (χ2n) is 5.27. The Morgan fingerprint density at radius 1 is 1.45 bits per heavy atom. The number of halogens is 3. The number of hydrogen-bond acceptors (Lipinski definition) is 4. The minimum Gasteiger partial charge on any atom is -0.360 e. The van der Waals surface area contributed by atoms with E-state index in [1.807, 2.05) is 6.92 Å². The van der Waals surface area contributed by atoms with Crippen molar-refractivity contribution in [3.05, 3.63) is 17.5 Å². The first kappa shape index (κ1) is 15.3. The first-order valence-electron chi connectivity index (χ1n) is 6.93. The monoisotopic (exact) mass is 291 g/mol. The zero-order chi connectivity index (χ0) is 14.6. The molecule has 114 valence electrons. The van der Waals surface area contributed by atoms with Gasteiger partial charge in [-0.3, -0.25) is 4.90 Å². The molecular weight excluding hydrogens is 271 g/mol. The van der Waals surface area contributed by atoms with E-state index in [1.54, 1.807) is 6.07 Å². The van der Waals surface area contributed by atoms with E-state index < -0.39 is 12.7 Å². The van der Waals surface area contributed by atoms with Crippen LogP contribution in [0.3, 0.4) is 0 Å². The Labute approximate surface area is 116 Å². The summed E-state index contributed by atoms with van der Waals surface area (Å²) in [5.74, 6) is 0.482. The van der Waals surface area contributed by atoms with Crippen molar-refractivity contribution in [2.75, 3.05) is 13.1 Å². The van der Waals surface area contributed by atoms with Crippen LogP contribution in [0.2, 0.25) is 0 Å². The Morgan fingerprint density at radius 3 is 2.80 bits per heavy atom. The van der Waals surface area contributed by atoms with E-state index >= 15 is 0 Å². The molecule has 0 bridgehead atoms. The molecule has 0 saturated heterocycles. The van der Waals surface area contributed by atoms with Crippen molar-refractivity contribution in [2.24, 2.45) is 0 Å². The average Bonchev–Trinajstić information content (AvgIpc) is 3.06. The molecule has 1 fully saturated rings. The van der Waals surface area contributed by atoms with Gasteiger partial charge in [0.2, 0.25) is 0 Å². The first-order chi connectivity index (χ1) is 9.46. The maximum absolute atomic E-state index is 12.5. The highest BCUT2D eigenvalue weighted by molar-refractivity contribution is 5.05. The molecule has 1 heterocycles. The Kier molecular flexibility index (Phi) is 5.04. The smallest absolute Gasteiger partial charge is 0.360 e. The molecule has 1 aromatic rings. The number of hydrogen-bond donors (Lipinski definition) is 1. The van der Waals surface area contributed by atoms with Crippen molar-refractivity contribution < 1.29 is 17.7 Å². The van der Waals surface area contributed by atoms with Gasteiger partial charge in [-0.25, -0.2) is 0 Å². The lowest BCUT2D eigenvalue weighted by Gasteiger charge is -2.21. The third-order valence-electron chi connectivity index (χ3n) is 3.08. The molecule has 0 unspecified atom stereocenters. The average molecular weight is 291 g/mol. The highest BCUT2D eigenvalue weighted by Gasteiger charge is 2.30. The fourth-order valence-electron chi connectivity index (χ4n) is 2.05. The topological polar surface area (TPSA) is 41.3 Å². The molecule has 0 radical (unpaired) electrons. The highest BCUT2D eigenvalue weighted by atomic mass is 19.4. The first-order valence-corrected chi connectivity index (χ1v) is 6.93. The zero-order valence-electron chi connectivity index (χ0n) is 11.5. The fourth-order valence-corrected chi connectivity index (χ4v) is 2.05. The molecule has 2 rings (SSSR count). The Bertz CT molecular complexity index is 415. The van der Waals surface area contributed by atoms with Crippen molar-refractivity contribution in [2.45, 2.75) is 51.5 Å². The van der Waals surface area contributed by atoms with Gasteiger partial charge in [-0.15, -0.1) is 0 Å². The molecule has 1 aromatic heterocycles. The van der Waals surface area contributed by atoms with Gasteiger partial charge >= 0.3 is 6.18 Å². The van der Waals surface area contributed by atoms with Crippen LogP contribution in [0.25, 0.3) is 0 Å². The van der Waals surface area contributed by atoms with Gasteiger partial charge in [0.25, 0.3) is 0 Å². The second kappa shape index (κ2) is 6.58.